The van der Waals surface area contributed by atoms with Gasteiger partial charge in [0.1, 0.15) is 5.60 Å². The van der Waals surface area contributed by atoms with Gasteiger partial charge in [-0.05, 0) is 45.4 Å². The number of terminal acetylenes is 1. The molecular weight excluding hydrogens is 226 g/mol. The Labute approximate surface area is 109 Å². The summed E-state index contributed by atoms with van der Waals surface area (Å²) in [5, 5.41) is 2.78. The van der Waals surface area contributed by atoms with Crippen LogP contribution in [0.4, 0.5) is 4.79 Å². The van der Waals surface area contributed by atoms with Crippen molar-refractivity contribution < 1.29 is 9.53 Å². The van der Waals surface area contributed by atoms with Crippen LogP contribution in [0.1, 0.15) is 44.9 Å². The summed E-state index contributed by atoms with van der Waals surface area (Å²) in [7, 11) is 0. The lowest BCUT2D eigenvalue weighted by Gasteiger charge is -2.22. The van der Waals surface area contributed by atoms with Gasteiger partial charge in [-0.15, -0.1) is 6.42 Å². The minimum Gasteiger partial charge on any atom is -0.444 e. The molecule has 1 unspecified atom stereocenters. The molecule has 1 atom stereocenters. The normalized spacial score (nSPS) is 12.4. The molecule has 0 spiro atoms. The number of rotatable bonds is 2. The zero-order valence-electron chi connectivity index (χ0n) is 11.3. The number of ether oxygens (including phenoxy) is 1. The molecule has 0 aliphatic rings. The monoisotopic (exact) mass is 245 g/mol. The molecule has 1 amide bonds. The van der Waals surface area contributed by atoms with Gasteiger partial charge in [-0.2, -0.15) is 0 Å². The van der Waals surface area contributed by atoms with Crippen LogP contribution >= 0.6 is 0 Å². The topological polar surface area (TPSA) is 38.3 Å². The minimum atomic E-state index is -0.489. The average molecular weight is 245 g/mol. The van der Waals surface area contributed by atoms with E-state index in [4.69, 9.17) is 11.2 Å². The van der Waals surface area contributed by atoms with Crippen molar-refractivity contribution in [1.29, 1.82) is 0 Å². The van der Waals surface area contributed by atoms with Crippen molar-refractivity contribution in [2.75, 3.05) is 0 Å². The zero-order chi connectivity index (χ0) is 13.8. The van der Waals surface area contributed by atoms with Crippen molar-refractivity contribution in [3.63, 3.8) is 0 Å². The van der Waals surface area contributed by atoms with Crippen LogP contribution in [-0.4, -0.2) is 11.7 Å². The van der Waals surface area contributed by atoms with E-state index < -0.39 is 11.7 Å². The van der Waals surface area contributed by atoms with Crippen LogP contribution in [0.5, 0.6) is 0 Å². The van der Waals surface area contributed by atoms with Crippen LogP contribution in [0.3, 0.4) is 0 Å². The van der Waals surface area contributed by atoms with Crippen molar-refractivity contribution in [2.24, 2.45) is 0 Å². The Kier molecular flexibility index (Phi) is 4.38. The Balaban J connectivity index is 2.62. The molecule has 0 saturated heterocycles. The van der Waals surface area contributed by atoms with E-state index in [1.165, 1.54) is 0 Å². The first kappa shape index (κ1) is 14.1. The van der Waals surface area contributed by atoms with Crippen LogP contribution in [-0.2, 0) is 4.74 Å². The summed E-state index contributed by atoms with van der Waals surface area (Å²) in [6.07, 6.45) is 4.87. The molecule has 0 fully saturated rings. The number of hydrogen-bond acceptors (Lipinski definition) is 2. The molecule has 0 aliphatic carbocycles. The second-order valence-electron chi connectivity index (χ2n) is 5.13. The third-order valence-corrected chi connectivity index (χ3v) is 2.31. The van der Waals surface area contributed by atoms with E-state index in [1.54, 1.807) is 0 Å². The molecule has 0 saturated carbocycles. The molecule has 3 heteroatoms. The largest absolute Gasteiger partial charge is 0.444 e. The standard InChI is InChI=1S/C15H19NO2/c1-6-12-7-9-13(10-8-12)11(2)16-14(17)18-15(3,4)5/h1,7-11H,2-5H3,(H,16,17). The maximum atomic E-state index is 11.6. The van der Waals surface area contributed by atoms with Gasteiger partial charge in [-0.3, -0.25) is 0 Å². The fraction of sp³-hybridized carbons (Fsp3) is 0.400. The van der Waals surface area contributed by atoms with E-state index in [0.29, 0.717) is 0 Å². The minimum absolute atomic E-state index is 0.119. The summed E-state index contributed by atoms with van der Waals surface area (Å²) in [4.78, 5) is 11.6. The van der Waals surface area contributed by atoms with Crippen LogP contribution in [0, 0.1) is 12.3 Å². The molecule has 0 radical (unpaired) electrons. The zero-order valence-corrected chi connectivity index (χ0v) is 11.3. The first-order valence-electron chi connectivity index (χ1n) is 5.88. The highest BCUT2D eigenvalue weighted by Crippen LogP contribution is 2.14. The van der Waals surface area contributed by atoms with Gasteiger partial charge in [-0.1, -0.05) is 18.1 Å². The van der Waals surface area contributed by atoms with E-state index in [2.05, 4.69) is 11.2 Å². The van der Waals surface area contributed by atoms with E-state index in [-0.39, 0.29) is 6.04 Å². The van der Waals surface area contributed by atoms with Gasteiger partial charge in [0.2, 0.25) is 0 Å². The van der Waals surface area contributed by atoms with Crippen LogP contribution in [0.25, 0.3) is 0 Å². The summed E-state index contributed by atoms with van der Waals surface area (Å²) in [6.45, 7) is 7.39. The van der Waals surface area contributed by atoms with Gasteiger partial charge >= 0.3 is 6.09 Å². The Hall–Kier alpha value is -1.95. The fourth-order valence-corrected chi connectivity index (χ4v) is 1.44. The summed E-state index contributed by atoms with van der Waals surface area (Å²) in [5.74, 6) is 2.55. The quantitative estimate of drug-likeness (QED) is 0.812. The van der Waals surface area contributed by atoms with E-state index in [1.807, 2.05) is 52.0 Å². The number of amides is 1. The molecule has 1 N–H and O–H groups in total. The Morgan fingerprint density at radius 1 is 1.33 bits per heavy atom. The number of alkyl carbamates (subject to hydrolysis) is 1. The van der Waals surface area contributed by atoms with Crippen molar-refractivity contribution in [3.05, 3.63) is 35.4 Å². The fourth-order valence-electron chi connectivity index (χ4n) is 1.44. The predicted octanol–water partition coefficient (Wildman–Crippen LogP) is 3.25. The van der Waals surface area contributed by atoms with Crippen LogP contribution in [0.15, 0.2) is 24.3 Å². The number of carbonyl (C=O) groups is 1. The highest BCUT2D eigenvalue weighted by Gasteiger charge is 2.18. The van der Waals surface area contributed by atoms with Gasteiger partial charge in [0, 0.05) is 5.56 Å². The lowest BCUT2D eigenvalue weighted by molar-refractivity contribution is 0.0508. The Bertz CT molecular complexity index is 449. The first-order chi connectivity index (χ1) is 8.31. The predicted molar refractivity (Wildman–Crippen MR) is 72.2 cm³/mol. The van der Waals surface area contributed by atoms with Gasteiger partial charge < -0.3 is 10.1 Å². The van der Waals surface area contributed by atoms with Crippen LogP contribution < -0.4 is 5.32 Å². The van der Waals surface area contributed by atoms with Crippen LogP contribution in [0.2, 0.25) is 0 Å². The van der Waals surface area contributed by atoms with Crippen molar-refractivity contribution in [3.8, 4) is 12.3 Å². The number of nitrogens with one attached hydrogen (secondary N) is 1. The Morgan fingerprint density at radius 3 is 2.33 bits per heavy atom. The number of benzene rings is 1. The number of hydrogen-bond donors (Lipinski definition) is 1. The smallest absolute Gasteiger partial charge is 0.408 e. The highest BCUT2D eigenvalue weighted by atomic mass is 16.6. The number of carbonyl (C=O) groups excluding carboxylic acids is 1. The second kappa shape index (κ2) is 5.59. The molecule has 18 heavy (non-hydrogen) atoms. The van der Waals surface area contributed by atoms with E-state index in [0.717, 1.165) is 11.1 Å². The van der Waals surface area contributed by atoms with E-state index in [9.17, 15) is 4.79 Å². The second-order valence-corrected chi connectivity index (χ2v) is 5.13. The van der Waals surface area contributed by atoms with E-state index >= 15 is 0 Å². The third kappa shape index (κ3) is 4.50. The molecule has 1 rings (SSSR count). The molecule has 96 valence electrons. The third-order valence-electron chi connectivity index (χ3n) is 2.31. The Morgan fingerprint density at radius 2 is 1.89 bits per heavy atom. The van der Waals surface area contributed by atoms with Gasteiger partial charge in [0.15, 0.2) is 0 Å². The summed E-state index contributed by atoms with van der Waals surface area (Å²) in [5.41, 5.74) is 1.32. The van der Waals surface area contributed by atoms with Crippen molar-refractivity contribution >= 4 is 6.09 Å². The molecule has 0 aromatic heterocycles. The molecule has 0 heterocycles. The lowest BCUT2D eigenvalue weighted by atomic mass is 10.1. The van der Waals surface area contributed by atoms with Gasteiger partial charge in [0.25, 0.3) is 0 Å². The SMILES string of the molecule is C#Cc1ccc(C(C)NC(=O)OC(C)(C)C)cc1. The molecule has 1 aromatic carbocycles. The van der Waals surface area contributed by atoms with Crippen molar-refractivity contribution in [2.45, 2.75) is 39.3 Å². The molecular formula is C15H19NO2. The average Bonchev–Trinajstić information content (AvgIpc) is 2.26. The van der Waals surface area contributed by atoms with Gasteiger partial charge in [0.05, 0.1) is 6.04 Å². The summed E-state index contributed by atoms with van der Waals surface area (Å²) < 4.78 is 5.19. The maximum Gasteiger partial charge on any atom is 0.408 e. The molecule has 3 nitrogen and oxygen atoms in total. The first-order valence-corrected chi connectivity index (χ1v) is 5.88. The molecule has 1 aromatic rings. The van der Waals surface area contributed by atoms with Crippen molar-refractivity contribution in [1.82, 2.24) is 5.32 Å². The molecule has 0 aliphatic heterocycles. The maximum absolute atomic E-state index is 11.6. The molecule has 0 bridgehead atoms. The van der Waals surface area contributed by atoms with Gasteiger partial charge in [-0.25, -0.2) is 4.79 Å². The lowest BCUT2D eigenvalue weighted by Crippen LogP contribution is -2.34. The summed E-state index contributed by atoms with van der Waals surface area (Å²) in [6, 6.07) is 7.38. The summed E-state index contributed by atoms with van der Waals surface area (Å²) >= 11 is 0. The highest BCUT2D eigenvalue weighted by molar-refractivity contribution is 5.68.